The van der Waals surface area contributed by atoms with Crippen molar-refractivity contribution in [1.82, 2.24) is 5.32 Å². The lowest BCUT2D eigenvalue weighted by Gasteiger charge is -2.18. The van der Waals surface area contributed by atoms with E-state index in [4.69, 9.17) is 5.26 Å². The van der Waals surface area contributed by atoms with Gasteiger partial charge in [0.05, 0.1) is 11.5 Å². The zero-order valence-corrected chi connectivity index (χ0v) is 11.1. The number of nitrogens with zero attached hydrogens (tertiary/aromatic N) is 1. The predicted molar refractivity (Wildman–Crippen MR) is 68.2 cm³/mol. The van der Waals surface area contributed by atoms with Crippen LogP contribution in [-0.2, 0) is 4.79 Å². The molecule has 0 aromatic carbocycles. The largest absolute Gasteiger partial charge is 0.355 e. The van der Waals surface area contributed by atoms with E-state index in [1.807, 2.05) is 13.8 Å². The van der Waals surface area contributed by atoms with E-state index in [2.05, 4.69) is 11.4 Å². The first kappa shape index (κ1) is 14.0. The molecule has 0 aromatic heterocycles. The second kappa shape index (κ2) is 6.64. The number of hydrogen-bond donors (Lipinski definition) is 1. The third-order valence-corrected chi connectivity index (χ3v) is 3.48. The molecule has 0 aromatic rings. The maximum Gasteiger partial charge on any atom is 0.220 e. The summed E-state index contributed by atoms with van der Waals surface area (Å²) in [5, 5.41) is 11.7. The molecule has 1 N–H and O–H groups in total. The summed E-state index contributed by atoms with van der Waals surface area (Å²) in [4.78, 5) is 11.8. The maximum absolute atomic E-state index is 11.8. The van der Waals surface area contributed by atoms with Crippen LogP contribution in [0.15, 0.2) is 0 Å². The Morgan fingerprint density at radius 3 is 2.41 bits per heavy atom. The fraction of sp³-hybridized carbons (Fsp3) is 0.857. The van der Waals surface area contributed by atoms with Gasteiger partial charge in [0.2, 0.25) is 5.91 Å². The first-order valence-corrected chi connectivity index (χ1v) is 6.71. The van der Waals surface area contributed by atoms with Gasteiger partial charge < -0.3 is 5.32 Å². The summed E-state index contributed by atoms with van der Waals surface area (Å²) in [6, 6.07) is 2.20. The van der Waals surface area contributed by atoms with E-state index in [-0.39, 0.29) is 5.91 Å². The third-order valence-electron chi connectivity index (χ3n) is 3.48. The van der Waals surface area contributed by atoms with Crippen molar-refractivity contribution in [2.45, 2.75) is 58.8 Å². The minimum Gasteiger partial charge on any atom is -0.355 e. The highest BCUT2D eigenvalue weighted by Gasteiger charge is 2.20. The molecule has 17 heavy (non-hydrogen) atoms. The van der Waals surface area contributed by atoms with Crippen LogP contribution in [0, 0.1) is 22.7 Å². The quantitative estimate of drug-likeness (QED) is 0.763. The first-order chi connectivity index (χ1) is 8.03. The van der Waals surface area contributed by atoms with E-state index in [9.17, 15) is 4.79 Å². The summed E-state index contributed by atoms with van der Waals surface area (Å²) in [5.74, 6) is 0.669. The maximum atomic E-state index is 11.8. The molecule has 1 rings (SSSR count). The summed E-state index contributed by atoms with van der Waals surface area (Å²) in [6.45, 7) is 4.15. The molecule has 1 fully saturated rings. The Labute approximate surface area is 105 Å². The second-order valence-corrected chi connectivity index (χ2v) is 5.83. The van der Waals surface area contributed by atoms with Gasteiger partial charge in [-0.1, -0.05) is 25.7 Å². The molecular weight excluding hydrogens is 212 g/mol. The molecule has 1 aliphatic carbocycles. The Balaban J connectivity index is 2.27. The Morgan fingerprint density at radius 2 is 1.88 bits per heavy atom. The number of carbonyl (C=O) groups is 1. The van der Waals surface area contributed by atoms with Gasteiger partial charge in [-0.25, -0.2) is 0 Å². The monoisotopic (exact) mass is 236 g/mol. The Kier molecular flexibility index (Phi) is 5.47. The van der Waals surface area contributed by atoms with E-state index in [0.717, 1.165) is 0 Å². The lowest BCUT2D eigenvalue weighted by Crippen LogP contribution is -2.34. The second-order valence-electron chi connectivity index (χ2n) is 5.83. The van der Waals surface area contributed by atoms with Crippen molar-refractivity contribution >= 4 is 5.91 Å². The lowest BCUT2D eigenvalue weighted by atomic mass is 9.94. The number of nitriles is 1. The van der Waals surface area contributed by atoms with Crippen molar-refractivity contribution in [3.05, 3.63) is 0 Å². The van der Waals surface area contributed by atoms with Crippen LogP contribution >= 0.6 is 0 Å². The average molecular weight is 236 g/mol. The standard InChI is InChI=1S/C14H24N2O/c1-14(2,10-15)11-16-13(17)9-12-7-5-3-4-6-8-12/h12H,3-9,11H2,1-2H3,(H,16,17). The van der Waals surface area contributed by atoms with E-state index < -0.39 is 5.41 Å². The molecule has 0 saturated heterocycles. The highest BCUT2D eigenvalue weighted by molar-refractivity contribution is 5.76. The fourth-order valence-corrected chi connectivity index (χ4v) is 2.26. The summed E-state index contributed by atoms with van der Waals surface area (Å²) in [5.41, 5.74) is -0.459. The molecular formula is C14H24N2O. The highest BCUT2D eigenvalue weighted by atomic mass is 16.1. The number of rotatable bonds is 4. The van der Waals surface area contributed by atoms with Gasteiger partial charge in [0.25, 0.3) is 0 Å². The first-order valence-electron chi connectivity index (χ1n) is 6.71. The summed E-state index contributed by atoms with van der Waals surface area (Å²) in [6.07, 6.45) is 8.19. The summed E-state index contributed by atoms with van der Waals surface area (Å²) in [7, 11) is 0. The van der Waals surface area contributed by atoms with Gasteiger partial charge in [0.1, 0.15) is 0 Å². The predicted octanol–water partition coefficient (Wildman–Crippen LogP) is 3.01. The SMILES string of the molecule is CC(C)(C#N)CNC(=O)CC1CCCCCC1. The van der Waals surface area contributed by atoms with Crippen LogP contribution in [0.5, 0.6) is 0 Å². The van der Waals surface area contributed by atoms with Crippen LogP contribution in [0.4, 0.5) is 0 Å². The summed E-state index contributed by atoms with van der Waals surface area (Å²) >= 11 is 0. The van der Waals surface area contributed by atoms with Crippen LogP contribution in [0.25, 0.3) is 0 Å². The van der Waals surface area contributed by atoms with Crippen LogP contribution in [0.3, 0.4) is 0 Å². The molecule has 0 aliphatic heterocycles. The van der Waals surface area contributed by atoms with Gasteiger partial charge in [-0.3, -0.25) is 4.79 Å². The van der Waals surface area contributed by atoms with Gasteiger partial charge >= 0.3 is 0 Å². The zero-order chi connectivity index (χ0) is 12.7. The highest BCUT2D eigenvalue weighted by Crippen LogP contribution is 2.25. The Morgan fingerprint density at radius 1 is 1.29 bits per heavy atom. The van der Waals surface area contributed by atoms with Gasteiger partial charge in [0, 0.05) is 13.0 Å². The minimum absolute atomic E-state index is 0.111. The van der Waals surface area contributed by atoms with Crippen molar-refractivity contribution in [2.24, 2.45) is 11.3 Å². The van der Waals surface area contributed by atoms with E-state index in [0.29, 0.717) is 18.9 Å². The average Bonchev–Trinajstić information content (AvgIpc) is 2.55. The molecule has 3 nitrogen and oxygen atoms in total. The van der Waals surface area contributed by atoms with Crippen LogP contribution < -0.4 is 5.32 Å². The lowest BCUT2D eigenvalue weighted by molar-refractivity contribution is -0.122. The van der Waals surface area contributed by atoms with Gasteiger partial charge in [-0.05, 0) is 32.6 Å². The molecule has 1 amide bonds. The van der Waals surface area contributed by atoms with Gasteiger partial charge in [-0.2, -0.15) is 5.26 Å². The van der Waals surface area contributed by atoms with E-state index in [1.54, 1.807) is 0 Å². The molecule has 1 aliphatic rings. The number of nitrogens with one attached hydrogen (secondary N) is 1. The van der Waals surface area contributed by atoms with Crippen molar-refractivity contribution in [2.75, 3.05) is 6.54 Å². The summed E-state index contributed by atoms with van der Waals surface area (Å²) < 4.78 is 0. The van der Waals surface area contributed by atoms with Gasteiger partial charge in [0.15, 0.2) is 0 Å². The molecule has 0 bridgehead atoms. The third kappa shape index (κ3) is 5.72. The van der Waals surface area contributed by atoms with E-state index >= 15 is 0 Å². The number of hydrogen-bond acceptors (Lipinski definition) is 2. The van der Waals surface area contributed by atoms with Crippen molar-refractivity contribution in [3.8, 4) is 6.07 Å². The van der Waals surface area contributed by atoms with Gasteiger partial charge in [-0.15, -0.1) is 0 Å². The molecule has 3 heteroatoms. The van der Waals surface area contributed by atoms with Crippen LogP contribution in [0.2, 0.25) is 0 Å². The molecule has 96 valence electrons. The molecule has 0 spiro atoms. The fourth-order valence-electron chi connectivity index (χ4n) is 2.26. The molecule has 0 unspecified atom stereocenters. The number of carbonyl (C=O) groups excluding carboxylic acids is 1. The van der Waals surface area contributed by atoms with Crippen molar-refractivity contribution in [1.29, 1.82) is 5.26 Å². The molecule has 0 atom stereocenters. The Bertz CT molecular complexity index is 283. The minimum atomic E-state index is -0.459. The molecule has 1 saturated carbocycles. The van der Waals surface area contributed by atoms with Crippen LogP contribution in [0.1, 0.15) is 58.8 Å². The molecule has 0 radical (unpaired) electrons. The molecule has 0 heterocycles. The van der Waals surface area contributed by atoms with Crippen molar-refractivity contribution < 1.29 is 4.79 Å². The topological polar surface area (TPSA) is 52.9 Å². The van der Waals surface area contributed by atoms with Crippen molar-refractivity contribution in [3.63, 3.8) is 0 Å². The van der Waals surface area contributed by atoms with E-state index in [1.165, 1.54) is 38.5 Å². The number of amides is 1. The zero-order valence-electron chi connectivity index (χ0n) is 11.1. The normalized spacial score (nSPS) is 18.2. The Hall–Kier alpha value is -1.04. The smallest absolute Gasteiger partial charge is 0.220 e. The van der Waals surface area contributed by atoms with Crippen LogP contribution in [-0.4, -0.2) is 12.5 Å².